The average molecular weight is 310 g/mol. The van der Waals surface area contributed by atoms with Crippen molar-refractivity contribution in [3.8, 4) is 5.75 Å². The van der Waals surface area contributed by atoms with Gasteiger partial charge in [-0.15, -0.1) is 0 Å². The predicted octanol–water partition coefficient (Wildman–Crippen LogP) is 4.13. The van der Waals surface area contributed by atoms with E-state index < -0.39 is 5.97 Å². The topological polar surface area (TPSA) is 46.5 Å². The lowest BCUT2D eigenvalue weighted by atomic mass is 10.0. The fraction of sp³-hybridized carbons (Fsp3) is 0.350. The minimum Gasteiger partial charge on any atom is -0.493 e. The molecule has 0 spiro atoms. The first-order chi connectivity index (χ1) is 11.1. The van der Waals surface area contributed by atoms with Gasteiger partial charge < -0.3 is 9.84 Å². The van der Waals surface area contributed by atoms with Crippen LogP contribution >= 0.6 is 0 Å². The van der Waals surface area contributed by atoms with Crippen LogP contribution in [0.3, 0.4) is 0 Å². The summed E-state index contributed by atoms with van der Waals surface area (Å²) in [6.45, 7) is 2.45. The van der Waals surface area contributed by atoms with E-state index in [-0.39, 0.29) is 5.92 Å². The summed E-state index contributed by atoms with van der Waals surface area (Å²) < 4.78 is 5.92. The monoisotopic (exact) mass is 310 g/mol. The van der Waals surface area contributed by atoms with E-state index in [4.69, 9.17) is 9.84 Å². The molecule has 3 rings (SSSR count). The van der Waals surface area contributed by atoms with Gasteiger partial charge in [0.05, 0.1) is 12.5 Å². The number of carbonyl (C=O) groups is 1. The molecule has 1 aliphatic rings. The molecule has 1 N–H and O–H groups in total. The predicted molar refractivity (Wildman–Crippen MR) is 89.7 cm³/mol. The molecule has 3 unspecified atom stereocenters. The second-order valence-corrected chi connectivity index (χ2v) is 6.41. The lowest BCUT2D eigenvalue weighted by Gasteiger charge is -2.10. The standard InChI is InChI=1S/C20H22O3/c1-14(20(21)22)10-15-6-5-9-18(11-15)23-13-17-12-19(17)16-7-3-2-4-8-16/h2-9,11,14,17,19H,10,12-13H2,1H3,(H,21,22). The first-order valence-corrected chi connectivity index (χ1v) is 8.13. The molecule has 3 heteroatoms. The molecule has 2 aromatic carbocycles. The summed E-state index contributed by atoms with van der Waals surface area (Å²) in [5, 5.41) is 9.00. The van der Waals surface area contributed by atoms with E-state index in [0.717, 1.165) is 17.9 Å². The van der Waals surface area contributed by atoms with Gasteiger partial charge in [0, 0.05) is 5.92 Å². The van der Waals surface area contributed by atoms with Crippen molar-refractivity contribution >= 4 is 5.97 Å². The Hall–Kier alpha value is -2.29. The van der Waals surface area contributed by atoms with Crippen LogP contribution in [-0.2, 0) is 11.2 Å². The second kappa shape index (κ2) is 6.86. The SMILES string of the molecule is CC(Cc1cccc(OCC2CC2c2ccccc2)c1)C(=O)O. The summed E-state index contributed by atoms with van der Waals surface area (Å²) in [5.74, 6) is 0.889. The molecule has 0 bridgehead atoms. The zero-order valence-electron chi connectivity index (χ0n) is 13.3. The zero-order chi connectivity index (χ0) is 16.2. The van der Waals surface area contributed by atoms with Crippen LogP contribution in [0.4, 0.5) is 0 Å². The molecule has 23 heavy (non-hydrogen) atoms. The average Bonchev–Trinajstić information content (AvgIpc) is 3.34. The Morgan fingerprint density at radius 3 is 2.74 bits per heavy atom. The van der Waals surface area contributed by atoms with Crippen LogP contribution in [0.25, 0.3) is 0 Å². The maximum absolute atomic E-state index is 11.0. The highest BCUT2D eigenvalue weighted by Crippen LogP contribution is 2.47. The fourth-order valence-electron chi connectivity index (χ4n) is 2.95. The number of hydrogen-bond donors (Lipinski definition) is 1. The van der Waals surface area contributed by atoms with Gasteiger partial charge in [-0.25, -0.2) is 0 Å². The minimum atomic E-state index is -0.764. The zero-order valence-corrected chi connectivity index (χ0v) is 13.3. The number of aliphatic carboxylic acids is 1. The van der Waals surface area contributed by atoms with Crippen LogP contribution in [-0.4, -0.2) is 17.7 Å². The van der Waals surface area contributed by atoms with Crippen LogP contribution in [0.2, 0.25) is 0 Å². The van der Waals surface area contributed by atoms with Crippen molar-refractivity contribution in [3.63, 3.8) is 0 Å². The van der Waals surface area contributed by atoms with Gasteiger partial charge in [-0.2, -0.15) is 0 Å². The van der Waals surface area contributed by atoms with Crippen LogP contribution in [0.1, 0.15) is 30.4 Å². The highest BCUT2D eigenvalue weighted by Gasteiger charge is 2.38. The largest absolute Gasteiger partial charge is 0.493 e. The highest BCUT2D eigenvalue weighted by atomic mass is 16.5. The van der Waals surface area contributed by atoms with Gasteiger partial charge in [0.25, 0.3) is 0 Å². The second-order valence-electron chi connectivity index (χ2n) is 6.41. The van der Waals surface area contributed by atoms with Gasteiger partial charge in [-0.3, -0.25) is 4.79 Å². The summed E-state index contributed by atoms with van der Waals surface area (Å²) in [7, 11) is 0. The molecule has 0 radical (unpaired) electrons. The van der Waals surface area contributed by atoms with E-state index in [9.17, 15) is 4.79 Å². The van der Waals surface area contributed by atoms with Crippen molar-refractivity contribution in [2.45, 2.75) is 25.7 Å². The number of rotatable bonds is 7. The Labute approximate surface area is 136 Å². The van der Waals surface area contributed by atoms with Gasteiger partial charge in [-0.1, -0.05) is 49.4 Å². The third-order valence-corrected chi connectivity index (χ3v) is 4.48. The lowest BCUT2D eigenvalue weighted by Crippen LogP contribution is -2.12. The molecule has 1 saturated carbocycles. The third-order valence-electron chi connectivity index (χ3n) is 4.48. The number of carboxylic acid groups (broad SMARTS) is 1. The summed E-state index contributed by atoms with van der Waals surface area (Å²) in [6, 6.07) is 18.3. The molecule has 1 aliphatic carbocycles. The molecule has 0 aromatic heterocycles. The molecular weight excluding hydrogens is 288 g/mol. The fourth-order valence-corrected chi connectivity index (χ4v) is 2.95. The van der Waals surface area contributed by atoms with Crippen molar-refractivity contribution in [3.05, 3.63) is 65.7 Å². The maximum Gasteiger partial charge on any atom is 0.306 e. The van der Waals surface area contributed by atoms with Gasteiger partial charge in [-0.05, 0) is 42.0 Å². The van der Waals surface area contributed by atoms with Crippen molar-refractivity contribution < 1.29 is 14.6 Å². The molecule has 120 valence electrons. The smallest absolute Gasteiger partial charge is 0.306 e. The lowest BCUT2D eigenvalue weighted by molar-refractivity contribution is -0.141. The van der Waals surface area contributed by atoms with Crippen molar-refractivity contribution in [1.29, 1.82) is 0 Å². The highest BCUT2D eigenvalue weighted by molar-refractivity contribution is 5.69. The summed E-state index contributed by atoms with van der Waals surface area (Å²) >= 11 is 0. The summed E-state index contributed by atoms with van der Waals surface area (Å²) in [5.41, 5.74) is 2.40. The maximum atomic E-state index is 11.0. The molecule has 3 atom stereocenters. The van der Waals surface area contributed by atoms with Gasteiger partial charge in [0.2, 0.25) is 0 Å². The minimum absolute atomic E-state index is 0.379. The molecule has 0 amide bonds. The van der Waals surface area contributed by atoms with E-state index >= 15 is 0 Å². The van der Waals surface area contributed by atoms with Gasteiger partial charge in [0.15, 0.2) is 0 Å². The summed E-state index contributed by atoms with van der Waals surface area (Å²) in [6.07, 6.45) is 1.71. The van der Waals surface area contributed by atoms with Crippen molar-refractivity contribution in [2.24, 2.45) is 11.8 Å². The molecule has 0 saturated heterocycles. The number of benzene rings is 2. The van der Waals surface area contributed by atoms with Crippen LogP contribution < -0.4 is 4.74 Å². The van der Waals surface area contributed by atoms with Crippen LogP contribution in [0.15, 0.2) is 54.6 Å². The Morgan fingerprint density at radius 2 is 2.00 bits per heavy atom. The summed E-state index contributed by atoms with van der Waals surface area (Å²) in [4.78, 5) is 11.0. The van der Waals surface area contributed by atoms with E-state index in [1.165, 1.54) is 12.0 Å². The first kappa shape index (κ1) is 15.6. The Bertz CT molecular complexity index is 666. The number of ether oxygens (including phenoxy) is 1. The quantitative estimate of drug-likeness (QED) is 0.836. The molecule has 2 aromatic rings. The molecule has 0 heterocycles. The van der Waals surface area contributed by atoms with Gasteiger partial charge in [0.1, 0.15) is 5.75 Å². The normalized spacial score (nSPS) is 20.7. The number of carboxylic acids is 1. The molecule has 0 aliphatic heterocycles. The van der Waals surface area contributed by atoms with E-state index in [1.54, 1.807) is 6.92 Å². The first-order valence-electron chi connectivity index (χ1n) is 8.13. The molecular formula is C20H22O3. The Morgan fingerprint density at radius 1 is 1.22 bits per heavy atom. The number of hydrogen-bond acceptors (Lipinski definition) is 2. The third kappa shape index (κ3) is 4.13. The molecule has 3 nitrogen and oxygen atoms in total. The van der Waals surface area contributed by atoms with Crippen LogP contribution in [0.5, 0.6) is 5.75 Å². The molecule has 1 fully saturated rings. The van der Waals surface area contributed by atoms with Crippen molar-refractivity contribution in [2.75, 3.05) is 6.61 Å². The van der Waals surface area contributed by atoms with E-state index in [0.29, 0.717) is 18.3 Å². The van der Waals surface area contributed by atoms with E-state index in [2.05, 4.69) is 24.3 Å². The van der Waals surface area contributed by atoms with E-state index in [1.807, 2.05) is 30.3 Å². The Balaban J connectivity index is 1.52. The van der Waals surface area contributed by atoms with Crippen LogP contribution in [0, 0.1) is 11.8 Å². The van der Waals surface area contributed by atoms with Crippen molar-refractivity contribution in [1.82, 2.24) is 0 Å². The Kier molecular flexibility index (Phi) is 4.65. The van der Waals surface area contributed by atoms with Gasteiger partial charge >= 0.3 is 5.97 Å².